The fraction of sp³-hybridized carbons (Fsp3) is 0.444. The van der Waals surface area contributed by atoms with Crippen molar-refractivity contribution in [3.05, 3.63) is 40.9 Å². The monoisotopic (exact) mass is 392 g/mol. The van der Waals surface area contributed by atoms with E-state index in [1.807, 2.05) is 0 Å². The van der Waals surface area contributed by atoms with Gasteiger partial charge < -0.3 is 10.0 Å². The lowest BCUT2D eigenvalue weighted by Gasteiger charge is -2.32. The van der Waals surface area contributed by atoms with Crippen molar-refractivity contribution in [1.82, 2.24) is 19.9 Å². The molecule has 0 radical (unpaired) electrons. The summed E-state index contributed by atoms with van der Waals surface area (Å²) in [5, 5.41) is 17.2. The number of carboxylic acids is 1. The zero-order valence-electron chi connectivity index (χ0n) is 14.4. The molecule has 3 unspecified atom stereocenters. The Kier molecular flexibility index (Phi) is 4.59. The number of halogens is 2. The molecule has 1 amide bonds. The molecular weight excluding hydrogens is 375 g/mol. The number of amides is 1. The van der Waals surface area contributed by atoms with Crippen LogP contribution < -0.4 is 0 Å². The van der Waals surface area contributed by atoms with Gasteiger partial charge >= 0.3 is 5.97 Å². The summed E-state index contributed by atoms with van der Waals surface area (Å²) in [7, 11) is 0. The number of fused-ring (bicyclic) bond motifs is 1. The van der Waals surface area contributed by atoms with Crippen LogP contribution in [0.25, 0.3) is 5.69 Å². The lowest BCUT2D eigenvalue weighted by atomic mass is 9.84. The van der Waals surface area contributed by atoms with Gasteiger partial charge in [0.15, 0.2) is 11.5 Å². The summed E-state index contributed by atoms with van der Waals surface area (Å²) in [4.78, 5) is 26.2. The maximum absolute atomic E-state index is 14.2. The smallest absolute Gasteiger partial charge is 0.326 e. The van der Waals surface area contributed by atoms with Gasteiger partial charge in [-0.05, 0) is 37.3 Å². The quantitative estimate of drug-likeness (QED) is 0.867. The van der Waals surface area contributed by atoms with Gasteiger partial charge in [-0.2, -0.15) is 0 Å². The highest BCUT2D eigenvalue weighted by Gasteiger charge is 2.48. The highest BCUT2D eigenvalue weighted by atomic mass is 35.5. The Morgan fingerprint density at radius 3 is 2.81 bits per heavy atom. The lowest BCUT2D eigenvalue weighted by molar-refractivity contribution is -0.141. The number of carbonyl (C=O) groups is 2. The van der Waals surface area contributed by atoms with Crippen LogP contribution in [0.15, 0.2) is 24.4 Å². The second kappa shape index (κ2) is 6.92. The van der Waals surface area contributed by atoms with Gasteiger partial charge in [-0.3, -0.25) is 4.79 Å². The van der Waals surface area contributed by atoms with Gasteiger partial charge in [-0.25, -0.2) is 13.9 Å². The molecule has 142 valence electrons. The van der Waals surface area contributed by atoms with E-state index in [0.717, 1.165) is 30.4 Å². The van der Waals surface area contributed by atoms with Crippen LogP contribution in [0.1, 0.15) is 42.6 Å². The van der Waals surface area contributed by atoms with E-state index in [9.17, 15) is 19.1 Å². The first-order valence-corrected chi connectivity index (χ1v) is 9.27. The van der Waals surface area contributed by atoms with E-state index in [4.69, 9.17) is 11.6 Å². The van der Waals surface area contributed by atoms with Crippen molar-refractivity contribution in [2.75, 3.05) is 0 Å². The van der Waals surface area contributed by atoms with E-state index >= 15 is 0 Å². The second-order valence-corrected chi connectivity index (χ2v) is 7.44. The molecule has 1 aromatic carbocycles. The van der Waals surface area contributed by atoms with Gasteiger partial charge in [0.1, 0.15) is 11.7 Å². The first-order valence-electron chi connectivity index (χ1n) is 8.89. The number of nitrogens with zero attached hydrogens (tertiary/aromatic N) is 4. The molecule has 2 aliphatic rings. The zero-order valence-corrected chi connectivity index (χ0v) is 15.1. The number of aliphatic carboxylic acids is 1. The molecule has 1 aliphatic heterocycles. The van der Waals surface area contributed by atoms with Crippen molar-refractivity contribution in [3.8, 4) is 5.69 Å². The Hall–Kier alpha value is -2.48. The molecule has 2 heterocycles. The summed E-state index contributed by atoms with van der Waals surface area (Å²) < 4.78 is 15.3. The molecule has 1 saturated carbocycles. The third-order valence-electron chi connectivity index (χ3n) is 5.50. The summed E-state index contributed by atoms with van der Waals surface area (Å²) in [5.41, 5.74) is 0.0626. The first kappa shape index (κ1) is 17.9. The van der Waals surface area contributed by atoms with E-state index in [1.54, 1.807) is 6.07 Å². The summed E-state index contributed by atoms with van der Waals surface area (Å²) in [6, 6.07) is 3.49. The van der Waals surface area contributed by atoms with Crippen molar-refractivity contribution in [2.24, 2.45) is 5.92 Å². The molecule has 7 nitrogen and oxygen atoms in total. The average molecular weight is 393 g/mol. The molecular formula is C18H18ClFN4O3. The first-order chi connectivity index (χ1) is 13.0. The summed E-state index contributed by atoms with van der Waals surface area (Å²) in [6.07, 6.45) is 5.52. The molecule has 1 N–H and O–H groups in total. The van der Waals surface area contributed by atoms with E-state index in [-0.39, 0.29) is 28.4 Å². The normalized spacial score (nSPS) is 24.7. The minimum atomic E-state index is -1.01. The lowest BCUT2D eigenvalue weighted by Crippen LogP contribution is -2.46. The van der Waals surface area contributed by atoms with Crippen LogP contribution >= 0.6 is 11.6 Å². The molecule has 3 atom stereocenters. The van der Waals surface area contributed by atoms with Crippen molar-refractivity contribution in [3.63, 3.8) is 0 Å². The number of carbonyl (C=O) groups excluding carboxylic acids is 1. The Labute approximate surface area is 159 Å². The summed E-state index contributed by atoms with van der Waals surface area (Å²) in [6.45, 7) is 0. The number of aromatic nitrogens is 3. The third-order valence-corrected chi connectivity index (χ3v) is 5.79. The molecule has 1 saturated heterocycles. The number of likely N-dealkylation sites (tertiary alicyclic amines) is 1. The van der Waals surface area contributed by atoms with Crippen LogP contribution in [0, 0.1) is 11.7 Å². The summed E-state index contributed by atoms with van der Waals surface area (Å²) in [5.74, 6) is -1.96. The Balaban J connectivity index is 1.65. The SMILES string of the molecule is O=C(O)C1CC2CCCCC2N1C(=O)c1cn(-c2cccc(Cl)c2F)nn1. The molecule has 0 spiro atoms. The van der Waals surface area contributed by atoms with Crippen molar-refractivity contribution in [2.45, 2.75) is 44.2 Å². The minimum absolute atomic E-state index is 0.00755. The van der Waals surface area contributed by atoms with Gasteiger partial charge in [-0.1, -0.05) is 35.7 Å². The Morgan fingerprint density at radius 1 is 1.26 bits per heavy atom. The highest BCUT2D eigenvalue weighted by molar-refractivity contribution is 6.30. The number of hydrogen-bond acceptors (Lipinski definition) is 4. The zero-order chi connectivity index (χ0) is 19.1. The van der Waals surface area contributed by atoms with Crippen molar-refractivity contribution >= 4 is 23.5 Å². The van der Waals surface area contributed by atoms with E-state index in [1.165, 1.54) is 23.2 Å². The number of hydrogen-bond donors (Lipinski definition) is 1. The topological polar surface area (TPSA) is 88.3 Å². The fourth-order valence-electron chi connectivity index (χ4n) is 4.25. The number of benzene rings is 1. The van der Waals surface area contributed by atoms with Gasteiger partial charge in [0, 0.05) is 6.04 Å². The largest absolute Gasteiger partial charge is 0.480 e. The third kappa shape index (κ3) is 3.07. The molecule has 0 bridgehead atoms. The molecule has 2 aromatic rings. The highest BCUT2D eigenvalue weighted by Crippen LogP contribution is 2.40. The van der Waals surface area contributed by atoms with Crippen LogP contribution in [-0.4, -0.2) is 49.0 Å². The van der Waals surface area contributed by atoms with Crippen LogP contribution in [0.3, 0.4) is 0 Å². The van der Waals surface area contributed by atoms with Crippen LogP contribution in [0.5, 0.6) is 0 Å². The molecule has 1 aliphatic carbocycles. The Bertz CT molecular complexity index is 902. The predicted molar refractivity (Wildman–Crippen MR) is 94.3 cm³/mol. The number of carboxylic acid groups (broad SMARTS) is 1. The van der Waals surface area contributed by atoms with Crippen molar-refractivity contribution in [1.29, 1.82) is 0 Å². The van der Waals surface area contributed by atoms with Gasteiger partial charge in [0.05, 0.1) is 11.2 Å². The number of rotatable bonds is 3. The van der Waals surface area contributed by atoms with Gasteiger partial charge in [0.25, 0.3) is 5.91 Å². The molecule has 4 rings (SSSR count). The molecule has 2 fully saturated rings. The maximum atomic E-state index is 14.2. The van der Waals surface area contributed by atoms with E-state index in [2.05, 4.69) is 10.3 Å². The van der Waals surface area contributed by atoms with Gasteiger partial charge in [0.2, 0.25) is 0 Å². The average Bonchev–Trinajstić information content (AvgIpc) is 3.28. The standard InChI is InChI=1S/C18H18ClFN4O3/c19-11-5-3-7-14(16(11)20)23-9-12(21-22-23)17(25)24-13-6-2-1-4-10(13)8-15(24)18(26)27/h3,5,7,9-10,13,15H,1-2,4,6,8H2,(H,26,27). The van der Waals surface area contributed by atoms with Crippen LogP contribution in [0.2, 0.25) is 5.02 Å². The Morgan fingerprint density at radius 2 is 2.04 bits per heavy atom. The van der Waals surface area contributed by atoms with Crippen LogP contribution in [0.4, 0.5) is 4.39 Å². The predicted octanol–water partition coefficient (Wildman–Crippen LogP) is 2.92. The molecule has 27 heavy (non-hydrogen) atoms. The van der Waals surface area contributed by atoms with Gasteiger partial charge in [-0.15, -0.1) is 5.10 Å². The molecule has 1 aromatic heterocycles. The van der Waals surface area contributed by atoms with E-state index in [0.29, 0.717) is 6.42 Å². The van der Waals surface area contributed by atoms with Crippen molar-refractivity contribution < 1.29 is 19.1 Å². The summed E-state index contributed by atoms with van der Waals surface area (Å²) >= 11 is 5.79. The minimum Gasteiger partial charge on any atom is -0.480 e. The van der Waals surface area contributed by atoms with E-state index < -0.39 is 23.7 Å². The maximum Gasteiger partial charge on any atom is 0.326 e. The second-order valence-electron chi connectivity index (χ2n) is 7.04. The molecule has 9 heteroatoms. The van der Waals surface area contributed by atoms with Crippen LogP contribution in [-0.2, 0) is 4.79 Å². The fourth-order valence-corrected chi connectivity index (χ4v) is 4.42.